The number of hydrogen-bond donors (Lipinski definition) is 1. The summed E-state index contributed by atoms with van der Waals surface area (Å²) in [4.78, 5) is 13.0. The number of rotatable bonds is 7. The van der Waals surface area contributed by atoms with E-state index in [1.54, 1.807) is 7.11 Å². The van der Waals surface area contributed by atoms with Gasteiger partial charge in [-0.3, -0.25) is 9.69 Å². The van der Waals surface area contributed by atoms with Crippen molar-refractivity contribution in [3.63, 3.8) is 0 Å². The first-order chi connectivity index (χ1) is 12.0. The van der Waals surface area contributed by atoms with Crippen molar-refractivity contribution in [1.82, 2.24) is 4.90 Å². The molecule has 6 heteroatoms. The molecule has 2 aromatic carbocycles. The first-order valence-electron chi connectivity index (χ1n) is 8.04. The third kappa shape index (κ3) is 4.44. The van der Waals surface area contributed by atoms with Crippen molar-refractivity contribution in [2.75, 3.05) is 20.2 Å². The molecular formula is C19H20ClNO4. The van der Waals surface area contributed by atoms with Crippen molar-refractivity contribution in [3.05, 3.63) is 58.6 Å². The lowest BCUT2D eigenvalue weighted by molar-refractivity contribution is -0.147. The van der Waals surface area contributed by atoms with Crippen molar-refractivity contribution < 1.29 is 19.4 Å². The predicted molar refractivity (Wildman–Crippen MR) is 95.2 cm³/mol. The maximum absolute atomic E-state index is 10.9. The Morgan fingerprint density at radius 1 is 1.16 bits per heavy atom. The Morgan fingerprint density at radius 3 is 2.48 bits per heavy atom. The van der Waals surface area contributed by atoms with Crippen molar-refractivity contribution in [2.24, 2.45) is 5.92 Å². The van der Waals surface area contributed by atoms with Gasteiger partial charge in [-0.05, 0) is 35.4 Å². The summed E-state index contributed by atoms with van der Waals surface area (Å²) < 4.78 is 11.3. The molecule has 1 aliphatic heterocycles. The van der Waals surface area contributed by atoms with Crippen LogP contribution in [-0.4, -0.2) is 36.2 Å². The zero-order valence-electron chi connectivity index (χ0n) is 13.9. The molecular weight excluding hydrogens is 342 g/mol. The molecule has 2 aromatic rings. The van der Waals surface area contributed by atoms with Gasteiger partial charge in [-0.15, -0.1) is 0 Å². The molecule has 0 aliphatic carbocycles. The van der Waals surface area contributed by atoms with Crippen LogP contribution in [0.5, 0.6) is 11.5 Å². The second-order valence-electron chi connectivity index (χ2n) is 6.13. The first kappa shape index (κ1) is 17.6. The van der Waals surface area contributed by atoms with E-state index in [4.69, 9.17) is 26.2 Å². The van der Waals surface area contributed by atoms with E-state index in [0.29, 0.717) is 42.8 Å². The molecule has 0 aromatic heterocycles. The Bertz CT molecular complexity index is 742. The quantitative estimate of drug-likeness (QED) is 0.818. The molecule has 1 N–H and O–H groups in total. The van der Waals surface area contributed by atoms with Gasteiger partial charge in [0.05, 0.1) is 13.0 Å². The predicted octanol–water partition coefficient (Wildman–Crippen LogP) is 3.44. The summed E-state index contributed by atoms with van der Waals surface area (Å²) in [5.41, 5.74) is 2.09. The summed E-state index contributed by atoms with van der Waals surface area (Å²) >= 11 is 5.88. The van der Waals surface area contributed by atoms with Gasteiger partial charge in [0, 0.05) is 24.7 Å². The normalized spacial score (nSPS) is 14.8. The van der Waals surface area contributed by atoms with Crippen LogP contribution in [0.25, 0.3) is 0 Å². The molecule has 1 heterocycles. The highest BCUT2D eigenvalue weighted by molar-refractivity contribution is 6.30. The molecule has 0 unspecified atom stereocenters. The number of likely N-dealkylation sites (tertiary alicyclic amines) is 1. The minimum Gasteiger partial charge on any atom is -0.493 e. The number of carboxylic acid groups (broad SMARTS) is 1. The molecule has 1 fully saturated rings. The minimum atomic E-state index is -0.722. The van der Waals surface area contributed by atoms with Crippen LogP contribution in [-0.2, 0) is 17.9 Å². The number of aliphatic carboxylic acids is 1. The number of halogens is 1. The Labute approximate surface area is 151 Å². The number of ether oxygens (including phenoxy) is 2. The van der Waals surface area contributed by atoms with E-state index >= 15 is 0 Å². The van der Waals surface area contributed by atoms with Gasteiger partial charge in [0.15, 0.2) is 11.5 Å². The lowest BCUT2D eigenvalue weighted by Crippen LogP contribution is -2.49. The van der Waals surface area contributed by atoms with E-state index in [1.165, 1.54) is 0 Å². The standard InChI is InChI=1S/C19H20ClNO4/c1-24-18-8-14(9-21-10-15(11-21)19(22)23)4-7-17(18)25-12-13-2-5-16(20)6-3-13/h2-8,15H,9-12H2,1H3,(H,22,23). The van der Waals surface area contributed by atoms with Crippen LogP contribution >= 0.6 is 11.6 Å². The Balaban J connectivity index is 1.59. The topological polar surface area (TPSA) is 59.0 Å². The molecule has 0 radical (unpaired) electrons. The van der Waals surface area contributed by atoms with Crippen molar-refractivity contribution in [2.45, 2.75) is 13.2 Å². The summed E-state index contributed by atoms with van der Waals surface area (Å²) in [6, 6.07) is 13.3. The maximum Gasteiger partial charge on any atom is 0.309 e. The third-order valence-corrected chi connectivity index (χ3v) is 4.50. The van der Waals surface area contributed by atoms with Gasteiger partial charge >= 0.3 is 5.97 Å². The van der Waals surface area contributed by atoms with E-state index in [2.05, 4.69) is 4.90 Å². The molecule has 0 atom stereocenters. The molecule has 0 bridgehead atoms. The smallest absolute Gasteiger partial charge is 0.309 e. The second-order valence-corrected chi connectivity index (χ2v) is 6.57. The van der Waals surface area contributed by atoms with E-state index in [9.17, 15) is 4.79 Å². The Hall–Kier alpha value is -2.24. The lowest BCUT2D eigenvalue weighted by Gasteiger charge is -2.36. The van der Waals surface area contributed by atoms with Crippen molar-refractivity contribution >= 4 is 17.6 Å². The molecule has 1 saturated heterocycles. The van der Waals surface area contributed by atoms with Crippen LogP contribution in [0.15, 0.2) is 42.5 Å². The van der Waals surface area contributed by atoms with E-state index in [1.807, 2.05) is 42.5 Å². The van der Waals surface area contributed by atoms with Crippen molar-refractivity contribution in [1.29, 1.82) is 0 Å². The van der Waals surface area contributed by atoms with Gasteiger partial charge in [-0.1, -0.05) is 29.8 Å². The zero-order chi connectivity index (χ0) is 17.8. The fourth-order valence-electron chi connectivity index (χ4n) is 2.78. The summed E-state index contributed by atoms with van der Waals surface area (Å²) in [5, 5.41) is 9.63. The van der Waals surface area contributed by atoms with Crippen LogP contribution in [0.3, 0.4) is 0 Å². The molecule has 5 nitrogen and oxygen atoms in total. The second kappa shape index (κ2) is 7.76. The van der Waals surface area contributed by atoms with Crippen molar-refractivity contribution in [3.8, 4) is 11.5 Å². The zero-order valence-corrected chi connectivity index (χ0v) is 14.7. The molecule has 0 saturated carbocycles. The third-order valence-electron chi connectivity index (χ3n) is 4.25. The van der Waals surface area contributed by atoms with Gasteiger partial charge in [0.1, 0.15) is 6.61 Å². The summed E-state index contributed by atoms with van der Waals surface area (Å²) in [5.74, 6) is 0.374. The number of nitrogens with zero attached hydrogens (tertiary/aromatic N) is 1. The molecule has 0 spiro atoms. The number of hydrogen-bond acceptors (Lipinski definition) is 4. The molecule has 132 valence electrons. The number of carbonyl (C=O) groups is 1. The highest BCUT2D eigenvalue weighted by atomic mass is 35.5. The van der Waals surface area contributed by atoms with E-state index in [-0.39, 0.29) is 5.92 Å². The number of benzene rings is 2. The monoisotopic (exact) mass is 361 g/mol. The van der Waals surface area contributed by atoms with Gasteiger partial charge in [0.2, 0.25) is 0 Å². The van der Waals surface area contributed by atoms with Gasteiger partial charge in [0.25, 0.3) is 0 Å². The maximum atomic E-state index is 10.9. The number of carboxylic acids is 1. The van der Waals surface area contributed by atoms with Crippen LogP contribution in [0.1, 0.15) is 11.1 Å². The fourth-order valence-corrected chi connectivity index (χ4v) is 2.91. The van der Waals surface area contributed by atoms with Gasteiger partial charge in [-0.25, -0.2) is 0 Å². The first-order valence-corrected chi connectivity index (χ1v) is 8.42. The van der Waals surface area contributed by atoms with Crippen LogP contribution in [0.2, 0.25) is 5.02 Å². The molecule has 0 amide bonds. The summed E-state index contributed by atoms with van der Waals surface area (Å²) in [6.07, 6.45) is 0. The summed E-state index contributed by atoms with van der Waals surface area (Å²) in [6.45, 7) is 2.32. The molecule has 25 heavy (non-hydrogen) atoms. The highest BCUT2D eigenvalue weighted by Crippen LogP contribution is 2.30. The Morgan fingerprint density at radius 2 is 1.84 bits per heavy atom. The molecule has 3 rings (SSSR count). The summed E-state index contributed by atoms with van der Waals surface area (Å²) in [7, 11) is 1.61. The molecule has 1 aliphatic rings. The van der Waals surface area contributed by atoms with Crippen LogP contribution < -0.4 is 9.47 Å². The van der Waals surface area contributed by atoms with Crippen LogP contribution in [0.4, 0.5) is 0 Å². The fraction of sp³-hybridized carbons (Fsp3) is 0.316. The average molecular weight is 362 g/mol. The van der Waals surface area contributed by atoms with E-state index < -0.39 is 5.97 Å². The van der Waals surface area contributed by atoms with Crippen LogP contribution in [0, 0.1) is 5.92 Å². The average Bonchev–Trinajstić information content (AvgIpc) is 2.57. The SMILES string of the molecule is COc1cc(CN2CC(C(=O)O)C2)ccc1OCc1ccc(Cl)cc1. The van der Waals surface area contributed by atoms with Gasteiger partial charge in [-0.2, -0.15) is 0 Å². The number of methoxy groups -OCH3 is 1. The van der Waals surface area contributed by atoms with E-state index in [0.717, 1.165) is 11.1 Å². The largest absolute Gasteiger partial charge is 0.493 e. The lowest BCUT2D eigenvalue weighted by atomic mass is 9.99. The highest BCUT2D eigenvalue weighted by Gasteiger charge is 2.32. The minimum absolute atomic E-state index is 0.246. The van der Waals surface area contributed by atoms with Gasteiger partial charge < -0.3 is 14.6 Å². The Kier molecular flexibility index (Phi) is 5.46.